The molecule has 3 heterocycles. The summed E-state index contributed by atoms with van der Waals surface area (Å²) in [6.45, 7) is 0.306. The van der Waals surface area contributed by atoms with Gasteiger partial charge in [0.2, 0.25) is 0 Å². The van der Waals surface area contributed by atoms with E-state index in [-0.39, 0.29) is 11.7 Å². The van der Waals surface area contributed by atoms with Crippen molar-refractivity contribution in [2.75, 3.05) is 0 Å². The fourth-order valence-corrected chi connectivity index (χ4v) is 2.44. The second-order valence-electron chi connectivity index (χ2n) is 4.87. The van der Waals surface area contributed by atoms with Crippen LogP contribution in [0, 0.1) is 0 Å². The van der Waals surface area contributed by atoms with E-state index >= 15 is 0 Å². The van der Waals surface area contributed by atoms with E-state index < -0.39 is 12.1 Å². The van der Waals surface area contributed by atoms with Gasteiger partial charge in [-0.05, 0) is 12.8 Å². The lowest BCUT2D eigenvalue weighted by Crippen LogP contribution is -2.28. The molecule has 1 aliphatic heterocycles. The van der Waals surface area contributed by atoms with Crippen LogP contribution in [0.3, 0.4) is 0 Å². The molecular weight excluding hydrogens is 264 g/mol. The van der Waals surface area contributed by atoms with Crippen LogP contribution in [0.15, 0.2) is 17.3 Å². The summed E-state index contributed by atoms with van der Waals surface area (Å²) in [6, 6.07) is 0. The van der Waals surface area contributed by atoms with Crippen LogP contribution in [0.25, 0.3) is 11.0 Å². The minimum absolute atomic E-state index is 0.189. The Labute approximate surface area is 113 Å². The molecule has 2 unspecified atom stereocenters. The first-order valence-electron chi connectivity index (χ1n) is 6.31. The lowest BCUT2D eigenvalue weighted by Gasteiger charge is -2.12. The highest BCUT2D eigenvalue weighted by Crippen LogP contribution is 2.20. The molecule has 0 aromatic carbocycles. The number of aryl methyl sites for hydroxylation is 1. The fourth-order valence-electron chi connectivity index (χ4n) is 2.44. The Morgan fingerprint density at radius 3 is 3.05 bits per heavy atom. The lowest BCUT2D eigenvalue weighted by atomic mass is 10.2. The second-order valence-corrected chi connectivity index (χ2v) is 4.87. The zero-order valence-corrected chi connectivity index (χ0v) is 10.9. The molecule has 0 spiro atoms. The predicted molar refractivity (Wildman–Crippen MR) is 68.3 cm³/mol. The first-order valence-corrected chi connectivity index (χ1v) is 6.31. The van der Waals surface area contributed by atoms with E-state index in [1.54, 1.807) is 7.05 Å². The van der Waals surface area contributed by atoms with Gasteiger partial charge in [0.1, 0.15) is 11.7 Å². The molecule has 2 atom stereocenters. The van der Waals surface area contributed by atoms with E-state index in [1.807, 2.05) is 0 Å². The Morgan fingerprint density at radius 1 is 1.55 bits per heavy atom. The molecule has 106 valence electrons. The number of ether oxygens (including phenoxy) is 1. The summed E-state index contributed by atoms with van der Waals surface area (Å²) in [7, 11) is 1.72. The number of carboxylic acids is 1. The largest absolute Gasteiger partial charge is 0.479 e. The van der Waals surface area contributed by atoms with E-state index in [1.165, 1.54) is 21.8 Å². The molecule has 2 aromatic heterocycles. The maximum absolute atomic E-state index is 12.2. The minimum atomic E-state index is -0.958. The van der Waals surface area contributed by atoms with Crippen LogP contribution in [0.5, 0.6) is 0 Å². The molecule has 1 aliphatic rings. The number of nitrogens with zero attached hydrogens (tertiary/aromatic N) is 4. The number of rotatable bonds is 3. The van der Waals surface area contributed by atoms with Crippen molar-refractivity contribution in [3.63, 3.8) is 0 Å². The average molecular weight is 278 g/mol. The number of aliphatic carboxylic acids is 1. The summed E-state index contributed by atoms with van der Waals surface area (Å²) in [5.74, 6) is -0.958. The second kappa shape index (κ2) is 4.71. The standard InChI is InChI=1S/C12H14N4O4/c1-15-10-8(4-14-15)11(17)16(6-13-10)5-7-2-3-9(20-7)12(18)19/h4,6-7,9H,2-3,5H2,1H3,(H,18,19). The van der Waals surface area contributed by atoms with Gasteiger partial charge in [0.05, 0.1) is 18.8 Å². The van der Waals surface area contributed by atoms with Crippen molar-refractivity contribution in [2.45, 2.75) is 31.6 Å². The van der Waals surface area contributed by atoms with Gasteiger partial charge in [-0.1, -0.05) is 0 Å². The highest BCUT2D eigenvalue weighted by molar-refractivity contribution is 5.73. The maximum Gasteiger partial charge on any atom is 0.332 e. The van der Waals surface area contributed by atoms with Crippen molar-refractivity contribution in [1.82, 2.24) is 19.3 Å². The number of carboxylic acid groups (broad SMARTS) is 1. The summed E-state index contributed by atoms with van der Waals surface area (Å²) in [6.07, 6.45) is 2.97. The predicted octanol–water partition coefficient (Wildman–Crippen LogP) is -0.238. The van der Waals surface area contributed by atoms with Crippen LogP contribution >= 0.6 is 0 Å². The van der Waals surface area contributed by atoms with Crippen molar-refractivity contribution in [2.24, 2.45) is 7.05 Å². The van der Waals surface area contributed by atoms with Gasteiger partial charge < -0.3 is 9.84 Å². The molecule has 0 saturated carbocycles. The van der Waals surface area contributed by atoms with E-state index in [2.05, 4.69) is 10.1 Å². The summed E-state index contributed by atoms with van der Waals surface area (Å²) < 4.78 is 8.37. The number of aromatic nitrogens is 4. The van der Waals surface area contributed by atoms with Crippen LogP contribution in [0.4, 0.5) is 0 Å². The van der Waals surface area contributed by atoms with Gasteiger partial charge in [-0.2, -0.15) is 5.10 Å². The van der Waals surface area contributed by atoms with Crippen LogP contribution in [-0.4, -0.2) is 42.6 Å². The number of hydrogen-bond acceptors (Lipinski definition) is 5. The Bertz CT molecular complexity index is 720. The summed E-state index contributed by atoms with van der Waals surface area (Å²) in [5.41, 5.74) is 0.340. The smallest absolute Gasteiger partial charge is 0.332 e. The summed E-state index contributed by atoms with van der Waals surface area (Å²) >= 11 is 0. The van der Waals surface area contributed by atoms with E-state index in [0.29, 0.717) is 30.4 Å². The zero-order chi connectivity index (χ0) is 14.3. The van der Waals surface area contributed by atoms with Crippen molar-refractivity contribution < 1.29 is 14.6 Å². The normalized spacial score (nSPS) is 22.4. The fraction of sp³-hybridized carbons (Fsp3) is 0.500. The molecule has 0 aliphatic carbocycles. The third-order valence-corrected chi connectivity index (χ3v) is 3.50. The minimum Gasteiger partial charge on any atom is -0.479 e. The molecular formula is C12H14N4O4. The molecule has 8 heteroatoms. The topological polar surface area (TPSA) is 99.2 Å². The number of fused-ring (bicyclic) bond motifs is 1. The zero-order valence-electron chi connectivity index (χ0n) is 10.9. The highest BCUT2D eigenvalue weighted by atomic mass is 16.5. The third kappa shape index (κ3) is 2.07. The van der Waals surface area contributed by atoms with E-state index in [0.717, 1.165) is 0 Å². The molecule has 0 bridgehead atoms. The van der Waals surface area contributed by atoms with Crippen molar-refractivity contribution >= 4 is 17.0 Å². The molecule has 1 saturated heterocycles. The monoisotopic (exact) mass is 278 g/mol. The first kappa shape index (κ1) is 12.8. The van der Waals surface area contributed by atoms with Crippen LogP contribution in [0.2, 0.25) is 0 Å². The lowest BCUT2D eigenvalue weighted by molar-refractivity contribution is -0.149. The molecule has 0 radical (unpaired) electrons. The Morgan fingerprint density at radius 2 is 2.35 bits per heavy atom. The number of carbonyl (C=O) groups is 1. The van der Waals surface area contributed by atoms with Gasteiger partial charge in [-0.3, -0.25) is 14.0 Å². The Kier molecular flexibility index (Phi) is 3.01. The van der Waals surface area contributed by atoms with Crippen molar-refractivity contribution in [3.05, 3.63) is 22.9 Å². The molecule has 1 fully saturated rings. The van der Waals surface area contributed by atoms with Crippen LogP contribution in [-0.2, 0) is 23.1 Å². The van der Waals surface area contributed by atoms with Crippen molar-refractivity contribution in [1.29, 1.82) is 0 Å². The van der Waals surface area contributed by atoms with Crippen LogP contribution < -0.4 is 5.56 Å². The van der Waals surface area contributed by atoms with Gasteiger partial charge in [-0.15, -0.1) is 0 Å². The molecule has 2 aromatic rings. The van der Waals surface area contributed by atoms with Gasteiger partial charge in [-0.25, -0.2) is 9.78 Å². The molecule has 8 nitrogen and oxygen atoms in total. The number of hydrogen-bond donors (Lipinski definition) is 1. The van der Waals surface area contributed by atoms with Gasteiger partial charge in [0, 0.05) is 7.05 Å². The Balaban J connectivity index is 1.84. The molecule has 20 heavy (non-hydrogen) atoms. The first-order chi connectivity index (χ1) is 9.56. The Hall–Kier alpha value is -2.22. The summed E-state index contributed by atoms with van der Waals surface area (Å²) in [5, 5.41) is 13.3. The van der Waals surface area contributed by atoms with E-state index in [9.17, 15) is 9.59 Å². The van der Waals surface area contributed by atoms with Crippen molar-refractivity contribution in [3.8, 4) is 0 Å². The van der Waals surface area contributed by atoms with Gasteiger partial charge >= 0.3 is 5.97 Å². The SMILES string of the molecule is Cn1ncc2c(=O)n(CC3CCC(C(=O)O)O3)cnc21. The maximum atomic E-state index is 12.2. The van der Waals surface area contributed by atoms with Gasteiger partial charge in [0.15, 0.2) is 11.8 Å². The summed E-state index contributed by atoms with van der Waals surface area (Å²) in [4.78, 5) is 27.3. The average Bonchev–Trinajstić information content (AvgIpc) is 3.01. The highest BCUT2D eigenvalue weighted by Gasteiger charge is 2.30. The molecule has 1 N–H and O–H groups in total. The van der Waals surface area contributed by atoms with Gasteiger partial charge in [0.25, 0.3) is 5.56 Å². The van der Waals surface area contributed by atoms with E-state index in [4.69, 9.17) is 9.84 Å². The molecule has 0 amide bonds. The molecule has 3 rings (SSSR count). The quantitative estimate of drug-likeness (QED) is 0.832. The third-order valence-electron chi connectivity index (χ3n) is 3.50. The van der Waals surface area contributed by atoms with Crippen LogP contribution in [0.1, 0.15) is 12.8 Å².